The second-order valence-corrected chi connectivity index (χ2v) is 4.68. The molecular formula is C14H24Cl2N2O. The second kappa shape index (κ2) is 8.64. The molecule has 0 amide bonds. The van der Waals surface area contributed by atoms with Gasteiger partial charge in [0.2, 0.25) is 0 Å². The van der Waals surface area contributed by atoms with E-state index >= 15 is 0 Å². The van der Waals surface area contributed by atoms with E-state index in [1.807, 2.05) is 0 Å². The van der Waals surface area contributed by atoms with Crippen molar-refractivity contribution in [3.05, 3.63) is 29.3 Å². The maximum atomic E-state index is 5.25. The number of hydrogen-bond acceptors (Lipinski definition) is 3. The van der Waals surface area contributed by atoms with Crippen LogP contribution < -0.4 is 10.1 Å². The number of rotatable bonds is 3. The minimum Gasteiger partial charge on any atom is -0.497 e. The number of hydrogen-bond donors (Lipinski definition) is 1. The molecule has 0 aromatic heterocycles. The topological polar surface area (TPSA) is 24.5 Å². The lowest BCUT2D eigenvalue weighted by Gasteiger charge is -2.33. The maximum Gasteiger partial charge on any atom is 0.119 e. The number of aryl methyl sites for hydroxylation is 1. The van der Waals surface area contributed by atoms with E-state index in [0.29, 0.717) is 6.04 Å². The normalized spacial score (nSPS) is 17.0. The van der Waals surface area contributed by atoms with E-state index in [9.17, 15) is 0 Å². The van der Waals surface area contributed by atoms with Gasteiger partial charge in [0.25, 0.3) is 0 Å². The Morgan fingerprint density at radius 3 is 2.37 bits per heavy atom. The van der Waals surface area contributed by atoms with Crippen LogP contribution in [0.1, 0.15) is 24.1 Å². The van der Waals surface area contributed by atoms with Crippen LogP contribution in [0.25, 0.3) is 0 Å². The zero-order chi connectivity index (χ0) is 12.3. The molecule has 1 atom stereocenters. The van der Waals surface area contributed by atoms with E-state index in [4.69, 9.17) is 4.74 Å². The minimum atomic E-state index is 0. The third kappa shape index (κ3) is 4.53. The fourth-order valence-corrected chi connectivity index (χ4v) is 2.51. The summed E-state index contributed by atoms with van der Waals surface area (Å²) in [7, 11) is 1.72. The lowest BCUT2D eigenvalue weighted by atomic mass is 10.0. The minimum absolute atomic E-state index is 0. The van der Waals surface area contributed by atoms with Crippen molar-refractivity contribution in [2.45, 2.75) is 19.9 Å². The van der Waals surface area contributed by atoms with Crippen LogP contribution in [0.3, 0.4) is 0 Å². The molecule has 0 bridgehead atoms. The number of methoxy groups -OCH3 is 1. The molecule has 110 valence electrons. The van der Waals surface area contributed by atoms with Gasteiger partial charge >= 0.3 is 0 Å². The fraction of sp³-hybridized carbons (Fsp3) is 0.571. The molecule has 0 radical (unpaired) electrons. The Kier molecular flexibility index (Phi) is 8.42. The van der Waals surface area contributed by atoms with Crippen molar-refractivity contribution in [1.29, 1.82) is 0 Å². The zero-order valence-electron chi connectivity index (χ0n) is 11.8. The molecule has 1 N–H and O–H groups in total. The molecule has 1 aromatic rings. The Bertz CT molecular complexity index is 382. The predicted octanol–water partition coefficient (Wildman–Crippen LogP) is 2.81. The van der Waals surface area contributed by atoms with Crippen molar-refractivity contribution < 1.29 is 4.74 Å². The van der Waals surface area contributed by atoms with Crippen LogP contribution in [0.4, 0.5) is 0 Å². The molecule has 3 nitrogen and oxygen atoms in total. The van der Waals surface area contributed by atoms with E-state index < -0.39 is 0 Å². The van der Waals surface area contributed by atoms with E-state index in [1.165, 1.54) is 11.1 Å². The number of benzene rings is 1. The van der Waals surface area contributed by atoms with Gasteiger partial charge in [-0.05, 0) is 37.1 Å². The van der Waals surface area contributed by atoms with E-state index in [-0.39, 0.29) is 24.8 Å². The first-order chi connectivity index (χ1) is 8.22. The van der Waals surface area contributed by atoms with Gasteiger partial charge in [-0.3, -0.25) is 4.90 Å². The summed E-state index contributed by atoms with van der Waals surface area (Å²) in [5.74, 6) is 0.943. The largest absolute Gasteiger partial charge is 0.497 e. The highest BCUT2D eigenvalue weighted by atomic mass is 35.5. The van der Waals surface area contributed by atoms with Crippen LogP contribution >= 0.6 is 24.8 Å². The second-order valence-electron chi connectivity index (χ2n) is 4.68. The summed E-state index contributed by atoms with van der Waals surface area (Å²) in [4.78, 5) is 2.53. The summed E-state index contributed by atoms with van der Waals surface area (Å²) in [6.07, 6.45) is 0. The lowest BCUT2D eigenvalue weighted by molar-refractivity contribution is 0.185. The van der Waals surface area contributed by atoms with Gasteiger partial charge in [-0.2, -0.15) is 0 Å². The average Bonchev–Trinajstić information content (AvgIpc) is 2.39. The van der Waals surface area contributed by atoms with Crippen molar-refractivity contribution in [2.24, 2.45) is 0 Å². The molecule has 1 aliphatic rings. The molecule has 1 saturated heterocycles. The summed E-state index contributed by atoms with van der Waals surface area (Å²) in [5, 5.41) is 3.39. The first-order valence-corrected chi connectivity index (χ1v) is 6.31. The highest BCUT2D eigenvalue weighted by Gasteiger charge is 2.19. The molecule has 19 heavy (non-hydrogen) atoms. The lowest BCUT2D eigenvalue weighted by Crippen LogP contribution is -2.44. The smallest absolute Gasteiger partial charge is 0.119 e. The van der Waals surface area contributed by atoms with Crippen LogP contribution in [0.5, 0.6) is 5.75 Å². The third-order valence-corrected chi connectivity index (χ3v) is 3.63. The van der Waals surface area contributed by atoms with Gasteiger partial charge in [-0.15, -0.1) is 24.8 Å². The van der Waals surface area contributed by atoms with E-state index in [1.54, 1.807) is 7.11 Å². The Morgan fingerprint density at radius 1 is 1.21 bits per heavy atom. The van der Waals surface area contributed by atoms with Crippen LogP contribution in [-0.2, 0) is 0 Å². The van der Waals surface area contributed by atoms with Crippen LogP contribution in [-0.4, -0.2) is 38.2 Å². The molecular weight excluding hydrogens is 283 g/mol. The van der Waals surface area contributed by atoms with Crippen LogP contribution in [0, 0.1) is 6.92 Å². The molecule has 5 heteroatoms. The molecule has 0 aliphatic carbocycles. The molecule has 2 rings (SSSR count). The van der Waals surface area contributed by atoms with Gasteiger partial charge in [0.15, 0.2) is 0 Å². The molecule has 1 aliphatic heterocycles. The predicted molar refractivity (Wildman–Crippen MR) is 85.1 cm³/mol. The summed E-state index contributed by atoms with van der Waals surface area (Å²) >= 11 is 0. The first-order valence-electron chi connectivity index (χ1n) is 6.31. The highest BCUT2D eigenvalue weighted by Crippen LogP contribution is 2.26. The highest BCUT2D eigenvalue weighted by molar-refractivity contribution is 5.85. The maximum absolute atomic E-state index is 5.25. The standard InChI is InChI=1S/C14H22N2O.2ClH/c1-11-10-13(17-3)4-5-14(11)12(2)16-8-6-15-7-9-16;;/h4-5,10,12,15H,6-9H2,1-3H3;2*1H/t12-;;/m1../s1. The van der Waals surface area contributed by atoms with Gasteiger partial charge in [0.1, 0.15) is 5.75 Å². The van der Waals surface area contributed by atoms with E-state index in [0.717, 1.165) is 31.9 Å². The Labute approximate surface area is 128 Å². The molecule has 0 unspecified atom stereocenters. The van der Waals surface area contributed by atoms with Gasteiger partial charge in [-0.1, -0.05) is 6.07 Å². The van der Waals surface area contributed by atoms with Gasteiger partial charge < -0.3 is 10.1 Å². The number of nitrogens with zero attached hydrogens (tertiary/aromatic N) is 1. The molecule has 1 fully saturated rings. The van der Waals surface area contributed by atoms with Crippen LogP contribution in [0.15, 0.2) is 18.2 Å². The first kappa shape index (κ1) is 18.5. The number of nitrogens with one attached hydrogen (secondary N) is 1. The average molecular weight is 307 g/mol. The van der Waals surface area contributed by atoms with Crippen molar-refractivity contribution >= 4 is 24.8 Å². The van der Waals surface area contributed by atoms with Crippen molar-refractivity contribution in [1.82, 2.24) is 10.2 Å². The Hall–Kier alpha value is -0.480. The quantitative estimate of drug-likeness (QED) is 0.929. The summed E-state index contributed by atoms with van der Waals surface area (Å²) in [6.45, 7) is 8.91. The summed E-state index contributed by atoms with van der Waals surface area (Å²) in [5.41, 5.74) is 2.73. The Morgan fingerprint density at radius 2 is 1.84 bits per heavy atom. The number of piperazine rings is 1. The number of ether oxygens (including phenoxy) is 1. The van der Waals surface area contributed by atoms with Crippen LogP contribution in [0.2, 0.25) is 0 Å². The SMILES string of the molecule is COc1ccc([C@@H](C)N2CCNCC2)c(C)c1.Cl.Cl. The molecule has 0 spiro atoms. The van der Waals surface area contributed by atoms with Gasteiger partial charge in [0.05, 0.1) is 7.11 Å². The van der Waals surface area contributed by atoms with E-state index in [2.05, 4.69) is 42.3 Å². The monoisotopic (exact) mass is 306 g/mol. The van der Waals surface area contributed by atoms with Crippen molar-refractivity contribution in [3.63, 3.8) is 0 Å². The van der Waals surface area contributed by atoms with Crippen molar-refractivity contribution in [2.75, 3.05) is 33.3 Å². The summed E-state index contributed by atoms with van der Waals surface area (Å²) < 4.78 is 5.25. The van der Waals surface area contributed by atoms with Gasteiger partial charge in [-0.25, -0.2) is 0 Å². The van der Waals surface area contributed by atoms with Gasteiger partial charge in [0, 0.05) is 32.2 Å². The van der Waals surface area contributed by atoms with Crippen molar-refractivity contribution in [3.8, 4) is 5.75 Å². The Balaban J connectivity index is 0.00000162. The summed E-state index contributed by atoms with van der Waals surface area (Å²) in [6, 6.07) is 6.86. The number of halogens is 2. The molecule has 1 heterocycles. The fourth-order valence-electron chi connectivity index (χ4n) is 2.51. The third-order valence-electron chi connectivity index (χ3n) is 3.63. The molecule has 0 saturated carbocycles. The molecule has 1 aromatic carbocycles. The zero-order valence-corrected chi connectivity index (χ0v) is 13.4.